The van der Waals surface area contributed by atoms with Gasteiger partial charge in [-0.15, -0.1) is 0 Å². The van der Waals surface area contributed by atoms with E-state index in [-0.39, 0.29) is 24.1 Å². The average molecular weight is 338 g/mol. The number of pyridine rings is 1. The number of carbonyl (C=O) groups excluding carboxylic acids is 1. The first-order valence-electron chi connectivity index (χ1n) is 7.47. The molecule has 8 nitrogen and oxygen atoms in total. The van der Waals surface area contributed by atoms with Crippen LogP contribution in [0.1, 0.15) is 25.0 Å². The number of anilines is 1. The van der Waals surface area contributed by atoms with E-state index in [2.05, 4.69) is 4.98 Å². The molecule has 1 aliphatic heterocycles. The Morgan fingerprint density at radius 3 is 2.80 bits per heavy atom. The van der Waals surface area contributed by atoms with Crippen molar-refractivity contribution in [1.82, 2.24) is 4.98 Å². The molecular weight excluding hydrogens is 324 g/mol. The molecule has 0 bridgehead atoms. The molecule has 0 atom stereocenters. The number of aromatic nitrogens is 1. The molecule has 0 saturated carbocycles. The molecule has 0 spiro atoms. The van der Waals surface area contributed by atoms with Gasteiger partial charge in [0.05, 0.1) is 18.2 Å². The van der Waals surface area contributed by atoms with Crippen molar-refractivity contribution in [3.8, 4) is 11.8 Å². The lowest BCUT2D eigenvalue weighted by Gasteiger charge is -2.35. The lowest BCUT2D eigenvalue weighted by Crippen LogP contribution is -2.52. The summed E-state index contributed by atoms with van der Waals surface area (Å²) in [4.78, 5) is 28.5. The standard InChI is InChI=1S/C17H14N4O4/c1-17(2)16(22)20(10-12-5-3-4-11(8-12)9-18)15-13(25-17)6-7-14(19-15)21(23)24/h3-8H,10H2,1-2H3. The average Bonchev–Trinajstić information content (AvgIpc) is 2.58. The lowest BCUT2D eigenvalue weighted by molar-refractivity contribution is -0.389. The van der Waals surface area contributed by atoms with Crippen molar-refractivity contribution in [3.05, 3.63) is 57.6 Å². The Bertz CT molecular complexity index is 917. The summed E-state index contributed by atoms with van der Waals surface area (Å²) in [7, 11) is 0. The van der Waals surface area contributed by atoms with Gasteiger partial charge >= 0.3 is 5.82 Å². The molecule has 0 fully saturated rings. The van der Waals surface area contributed by atoms with Gasteiger partial charge in [-0.1, -0.05) is 12.1 Å². The Kier molecular flexibility index (Phi) is 3.85. The summed E-state index contributed by atoms with van der Waals surface area (Å²) in [5, 5.41) is 20.0. The molecule has 1 amide bonds. The first-order valence-corrected chi connectivity index (χ1v) is 7.47. The zero-order chi connectivity index (χ0) is 18.2. The van der Waals surface area contributed by atoms with Crippen molar-refractivity contribution in [2.75, 3.05) is 4.90 Å². The molecule has 0 aliphatic carbocycles. The topological polar surface area (TPSA) is 109 Å². The van der Waals surface area contributed by atoms with Crippen LogP contribution in [0.2, 0.25) is 0 Å². The zero-order valence-corrected chi connectivity index (χ0v) is 13.6. The SMILES string of the molecule is CC1(C)Oc2ccc([N+](=O)[O-])nc2N(Cc2cccc(C#N)c2)C1=O. The van der Waals surface area contributed by atoms with Crippen LogP contribution >= 0.6 is 0 Å². The summed E-state index contributed by atoms with van der Waals surface area (Å²) in [5.41, 5.74) is 0.0477. The van der Waals surface area contributed by atoms with E-state index in [1.807, 2.05) is 6.07 Å². The van der Waals surface area contributed by atoms with Crippen molar-refractivity contribution in [2.24, 2.45) is 0 Å². The third-order valence-corrected chi connectivity index (χ3v) is 3.79. The first-order chi connectivity index (χ1) is 11.8. The third-order valence-electron chi connectivity index (χ3n) is 3.79. The summed E-state index contributed by atoms with van der Waals surface area (Å²) in [6, 6.07) is 11.5. The van der Waals surface area contributed by atoms with Gasteiger partial charge in [-0.2, -0.15) is 5.26 Å². The van der Waals surface area contributed by atoms with E-state index in [1.54, 1.807) is 38.1 Å². The van der Waals surface area contributed by atoms with Crippen LogP contribution in [0, 0.1) is 21.4 Å². The first kappa shape index (κ1) is 16.4. The van der Waals surface area contributed by atoms with Gasteiger partial charge in [-0.3, -0.25) is 9.69 Å². The normalized spacial score (nSPS) is 15.1. The summed E-state index contributed by atoms with van der Waals surface area (Å²) in [6.07, 6.45) is 0. The highest BCUT2D eigenvalue weighted by atomic mass is 16.6. The monoisotopic (exact) mass is 338 g/mol. The number of fused-ring (bicyclic) bond motifs is 1. The number of benzene rings is 1. The fourth-order valence-electron chi connectivity index (χ4n) is 2.61. The van der Waals surface area contributed by atoms with Crippen LogP contribution in [0.25, 0.3) is 0 Å². The highest BCUT2D eigenvalue weighted by Gasteiger charge is 2.44. The molecule has 0 radical (unpaired) electrons. The van der Waals surface area contributed by atoms with Crippen LogP contribution in [0.3, 0.4) is 0 Å². The second-order valence-electron chi connectivity index (χ2n) is 6.06. The minimum atomic E-state index is -1.13. The number of nitrogens with zero attached hydrogens (tertiary/aromatic N) is 4. The number of nitro groups is 1. The molecule has 8 heteroatoms. The number of nitriles is 1. The molecule has 2 aromatic rings. The highest BCUT2D eigenvalue weighted by Crippen LogP contribution is 2.38. The van der Waals surface area contributed by atoms with Crippen molar-refractivity contribution < 1.29 is 14.5 Å². The molecule has 25 heavy (non-hydrogen) atoms. The summed E-state index contributed by atoms with van der Waals surface area (Å²) in [5.74, 6) is -0.339. The molecule has 0 N–H and O–H groups in total. The number of carbonyl (C=O) groups is 1. The zero-order valence-electron chi connectivity index (χ0n) is 13.6. The van der Waals surface area contributed by atoms with Gasteiger partial charge in [0.15, 0.2) is 11.4 Å². The third kappa shape index (κ3) is 2.99. The van der Waals surface area contributed by atoms with E-state index in [4.69, 9.17) is 10.00 Å². The minimum Gasteiger partial charge on any atom is -0.472 e. The Morgan fingerprint density at radius 2 is 2.12 bits per heavy atom. The molecule has 126 valence electrons. The van der Waals surface area contributed by atoms with Gasteiger partial charge in [0.2, 0.25) is 0 Å². The number of hydrogen-bond acceptors (Lipinski definition) is 6. The fraction of sp³-hybridized carbons (Fsp3) is 0.235. The number of ether oxygens (including phenoxy) is 1. The molecule has 0 saturated heterocycles. The van der Waals surface area contributed by atoms with Crippen LogP contribution in [0.4, 0.5) is 11.6 Å². The maximum atomic E-state index is 12.8. The van der Waals surface area contributed by atoms with E-state index in [1.165, 1.54) is 17.0 Å². The van der Waals surface area contributed by atoms with Crippen LogP contribution < -0.4 is 9.64 Å². The van der Waals surface area contributed by atoms with Crippen LogP contribution in [-0.4, -0.2) is 21.4 Å². The van der Waals surface area contributed by atoms with E-state index in [0.717, 1.165) is 0 Å². The highest BCUT2D eigenvalue weighted by molar-refractivity contribution is 6.01. The quantitative estimate of drug-likeness (QED) is 0.628. The number of hydrogen-bond donors (Lipinski definition) is 0. The van der Waals surface area contributed by atoms with Gasteiger partial charge in [0, 0.05) is 6.07 Å². The van der Waals surface area contributed by atoms with Crippen molar-refractivity contribution in [2.45, 2.75) is 26.0 Å². The minimum absolute atomic E-state index is 0.0980. The van der Waals surface area contributed by atoms with Crippen molar-refractivity contribution in [3.63, 3.8) is 0 Å². The molecule has 3 rings (SSSR count). The maximum absolute atomic E-state index is 12.8. The Labute approximate surface area is 143 Å². The maximum Gasteiger partial charge on any atom is 0.366 e. The molecule has 1 aromatic carbocycles. The van der Waals surface area contributed by atoms with Crippen LogP contribution in [-0.2, 0) is 11.3 Å². The molecule has 1 aliphatic rings. The predicted octanol–water partition coefficient (Wildman–Crippen LogP) is 2.57. The molecule has 0 unspecified atom stereocenters. The van der Waals surface area contributed by atoms with E-state index in [0.29, 0.717) is 16.9 Å². The largest absolute Gasteiger partial charge is 0.472 e. The Hall–Kier alpha value is -3.47. The second-order valence-corrected chi connectivity index (χ2v) is 6.06. The van der Waals surface area contributed by atoms with Gasteiger partial charge in [0.1, 0.15) is 0 Å². The lowest BCUT2D eigenvalue weighted by atomic mass is 10.0. The van der Waals surface area contributed by atoms with Gasteiger partial charge in [-0.25, -0.2) is 0 Å². The van der Waals surface area contributed by atoms with Crippen LogP contribution in [0.15, 0.2) is 36.4 Å². The van der Waals surface area contributed by atoms with E-state index >= 15 is 0 Å². The molecular formula is C17H14N4O4. The van der Waals surface area contributed by atoms with Crippen LogP contribution in [0.5, 0.6) is 5.75 Å². The second kappa shape index (κ2) is 5.87. The number of rotatable bonds is 3. The Balaban J connectivity index is 2.07. The van der Waals surface area contributed by atoms with Crippen molar-refractivity contribution in [1.29, 1.82) is 5.26 Å². The predicted molar refractivity (Wildman–Crippen MR) is 87.9 cm³/mol. The summed E-state index contributed by atoms with van der Waals surface area (Å²) in [6.45, 7) is 3.37. The Morgan fingerprint density at radius 1 is 1.36 bits per heavy atom. The smallest absolute Gasteiger partial charge is 0.366 e. The van der Waals surface area contributed by atoms with E-state index < -0.39 is 10.5 Å². The summed E-state index contributed by atoms with van der Waals surface area (Å²) < 4.78 is 5.65. The van der Waals surface area contributed by atoms with E-state index in [9.17, 15) is 14.9 Å². The fourth-order valence-corrected chi connectivity index (χ4v) is 2.61. The molecule has 2 heterocycles. The number of amides is 1. The summed E-state index contributed by atoms with van der Waals surface area (Å²) >= 11 is 0. The molecule has 1 aromatic heterocycles. The van der Waals surface area contributed by atoms with Gasteiger partial charge in [-0.05, 0) is 47.5 Å². The van der Waals surface area contributed by atoms with Gasteiger partial charge < -0.3 is 14.9 Å². The van der Waals surface area contributed by atoms with Crippen molar-refractivity contribution >= 4 is 17.5 Å². The van der Waals surface area contributed by atoms with Gasteiger partial charge in [0.25, 0.3) is 11.7 Å².